The molecule has 0 spiro atoms. The Kier molecular flexibility index (Phi) is 4.78. The van der Waals surface area contributed by atoms with E-state index in [0.717, 1.165) is 36.9 Å². The fourth-order valence-corrected chi connectivity index (χ4v) is 3.39. The van der Waals surface area contributed by atoms with E-state index in [1.165, 1.54) is 18.2 Å². The number of nitrogens with zero attached hydrogens (tertiary/aromatic N) is 1. The first-order valence-corrected chi connectivity index (χ1v) is 8.27. The molecule has 0 aliphatic heterocycles. The summed E-state index contributed by atoms with van der Waals surface area (Å²) >= 11 is 11.9. The molecule has 1 amide bonds. The van der Waals surface area contributed by atoms with Gasteiger partial charge in [-0.25, -0.2) is 4.79 Å². The molecule has 126 valence electrons. The van der Waals surface area contributed by atoms with E-state index >= 15 is 0 Å². The zero-order chi connectivity index (χ0) is 17.3. The van der Waals surface area contributed by atoms with Crippen LogP contribution < -0.4 is 5.32 Å². The fraction of sp³-hybridized carbons (Fsp3) is 0.312. The maximum absolute atomic E-state index is 12.5. The second-order valence-electron chi connectivity index (χ2n) is 5.65. The third-order valence-corrected chi connectivity index (χ3v) is 4.63. The first-order chi connectivity index (χ1) is 11.5. The van der Waals surface area contributed by atoms with Gasteiger partial charge in [0.25, 0.3) is 5.91 Å². The largest absolute Gasteiger partial charge is 0.479 e. The van der Waals surface area contributed by atoms with Crippen LogP contribution in [0.25, 0.3) is 0 Å². The first kappa shape index (κ1) is 16.8. The highest BCUT2D eigenvalue weighted by Crippen LogP contribution is 2.28. The predicted molar refractivity (Wildman–Crippen MR) is 89.5 cm³/mol. The number of nitrogens with one attached hydrogen (secondary N) is 2. The average molecular weight is 368 g/mol. The Morgan fingerprint density at radius 2 is 2.00 bits per heavy atom. The number of fused-ring (bicyclic) bond motifs is 1. The van der Waals surface area contributed by atoms with Gasteiger partial charge in [0.1, 0.15) is 0 Å². The molecule has 1 atom stereocenters. The Morgan fingerprint density at radius 3 is 2.71 bits per heavy atom. The molecule has 0 saturated heterocycles. The summed E-state index contributed by atoms with van der Waals surface area (Å²) in [4.78, 5) is 24.1. The summed E-state index contributed by atoms with van der Waals surface area (Å²) in [5.74, 6) is -1.75. The summed E-state index contributed by atoms with van der Waals surface area (Å²) < 4.78 is 0. The van der Waals surface area contributed by atoms with Gasteiger partial charge in [-0.3, -0.25) is 9.89 Å². The van der Waals surface area contributed by atoms with Crippen molar-refractivity contribution in [2.24, 2.45) is 0 Å². The smallest absolute Gasteiger partial charge is 0.330 e. The molecular formula is C16H15Cl2N3O3. The summed E-state index contributed by atoms with van der Waals surface area (Å²) in [5, 5.41) is 19.5. The van der Waals surface area contributed by atoms with Crippen molar-refractivity contribution in [3.63, 3.8) is 0 Å². The van der Waals surface area contributed by atoms with Crippen molar-refractivity contribution in [3.8, 4) is 0 Å². The van der Waals surface area contributed by atoms with Crippen LogP contribution in [-0.4, -0.2) is 27.2 Å². The van der Waals surface area contributed by atoms with Crippen LogP contribution in [0, 0.1) is 0 Å². The van der Waals surface area contributed by atoms with Crippen molar-refractivity contribution in [1.82, 2.24) is 15.5 Å². The standard InChI is InChI=1S/C16H15Cl2N3O3/c17-8-5-6-9(11(18)7-8)14(16(23)24)19-15(22)13-10-3-1-2-4-12(10)20-21-13/h5-7,14H,1-4H2,(H,19,22)(H,20,21)(H,23,24). The lowest BCUT2D eigenvalue weighted by Gasteiger charge is -2.17. The number of aliphatic carboxylic acids is 1. The third kappa shape index (κ3) is 3.25. The van der Waals surface area contributed by atoms with E-state index in [1.54, 1.807) is 0 Å². The van der Waals surface area contributed by atoms with E-state index in [4.69, 9.17) is 23.2 Å². The molecule has 3 rings (SSSR count). The number of aromatic nitrogens is 2. The summed E-state index contributed by atoms with van der Waals surface area (Å²) in [7, 11) is 0. The first-order valence-electron chi connectivity index (χ1n) is 7.52. The minimum Gasteiger partial charge on any atom is -0.479 e. The molecule has 0 bridgehead atoms. The number of benzene rings is 1. The molecule has 1 heterocycles. The predicted octanol–water partition coefficient (Wildman–Crippen LogP) is 3.15. The maximum atomic E-state index is 12.5. The van der Waals surface area contributed by atoms with E-state index in [0.29, 0.717) is 5.02 Å². The van der Waals surface area contributed by atoms with Gasteiger partial charge in [-0.2, -0.15) is 5.10 Å². The molecule has 8 heteroatoms. The van der Waals surface area contributed by atoms with Gasteiger partial charge in [0.2, 0.25) is 0 Å². The van der Waals surface area contributed by atoms with Gasteiger partial charge in [0, 0.05) is 26.9 Å². The highest BCUT2D eigenvalue weighted by molar-refractivity contribution is 6.35. The van der Waals surface area contributed by atoms with E-state index < -0.39 is 17.9 Å². The lowest BCUT2D eigenvalue weighted by molar-refractivity contribution is -0.139. The number of aromatic amines is 1. The molecule has 6 nitrogen and oxygen atoms in total. The molecule has 1 aliphatic carbocycles. The Morgan fingerprint density at radius 1 is 1.25 bits per heavy atom. The number of hydrogen-bond acceptors (Lipinski definition) is 3. The van der Waals surface area contributed by atoms with Crippen molar-refractivity contribution < 1.29 is 14.7 Å². The molecule has 0 fully saturated rings. The number of carbonyl (C=O) groups is 2. The third-order valence-electron chi connectivity index (χ3n) is 4.07. The van der Waals surface area contributed by atoms with Crippen LogP contribution in [0.3, 0.4) is 0 Å². The van der Waals surface area contributed by atoms with Gasteiger partial charge >= 0.3 is 5.97 Å². The molecule has 1 aromatic heterocycles. The van der Waals surface area contributed by atoms with Gasteiger partial charge < -0.3 is 10.4 Å². The molecule has 2 aromatic rings. The molecule has 1 aliphatic rings. The molecular weight excluding hydrogens is 353 g/mol. The fourth-order valence-electron chi connectivity index (χ4n) is 2.88. The summed E-state index contributed by atoms with van der Waals surface area (Å²) in [5.41, 5.74) is 2.33. The number of hydrogen-bond donors (Lipinski definition) is 3. The van der Waals surface area contributed by atoms with Crippen molar-refractivity contribution in [2.75, 3.05) is 0 Å². The highest BCUT2D eigenvalue weighted by atomic mass is 35.5. The van der Waals surface area contributed by atoms with E-state index in [-0.39, 0.29) is 16.3 Å². The molecule has 1 aromatic carbocycles. The number of H-pyrrole nitrogens is 1. The number of carboxylic acid groups (broad SMARTS) is 1. The number of carbonyl (C=O) groups excluding carboxylic acids is 1. The van der Waals surface area contributed by atoms with Crippen molar-refractivity contribution in [3.05, 3.63) is 50.8 Å². The monoisotopic (exact) mass is 367 g/mol. The normalized spacial score (nSPS) is 14.8. The van der Waals surface area contributed by atoms with E-state index in [1.807, 2.05) is 0 Å². The summed E-state index contributed by atoms with van der Waals surface area (Å²) in [6.07, 6.45) is 3.64. The molecule has 1 unspecified atom stereocenters. The number of aryl methyl sites for hydroxylation is 1. The zero-order valence-electron chi connectivity index (χ0n) is 12.6. The van der Waals surface area contributed by atoms with Crippen LogP contribution in [0.4, 0.5) is 0 Å². The Bertz CT molecular complexity index is 804. The summed E-state index contributed by atoms with van der Waals surface area (Å²) in [6, 6.07) is 3.18. The van der Waals surface area contributed by atoms with Gasteiger partial charge in [-0.05, 0) is 37.8 Å². The Labute approximate surface area is 148 Å². The van der Waals surface area contributed by atoms with Crippen molar-refractivity contribution in [1.29, 1.82) is 0 Å². The van der Waals surface area contributed by atoms with Gasteiger partial charge in [-0.1, -0.05) is 29.3 Å². The van der Waals surface area contributed by atoms with Gasteiger partial charge in [0.15, 0.2) is 11.7 Å². The number of carboxylic acids is 1. The molecule has 24 heavy (non-hydrogen) atoms. The summed E-state index contributed by atoms with van der Waals surface area (Å²) in [6.45, 7) is 0. The minimum atomic E-state index is -1.28. The number of rotatable bonds is 4. The Balaban J connectivity index is 1.87. The molecule has 0 saturated carbocycles. The second-order valence-corrected chi connectivity index (χ2v) is 6.49. The molecule has 0 radical (unpaired) electrons. The van der Waals surface area contributed by atoms with Crippen LogP contribution in [0.1, 0.15) is 46.2 Å². The Hall–Kier alpha value is -2.05. The highest BCUT2D eigenvalue weighted by Gasteiger charge is 2.28. The van der Waals surface area contributed by atoms with E-state index in [9.17, 15) is 14.7 Å². The average Bonchev–Trinajstić information content (AvgIpc) is 2.97. The SMILES string of the molecule is O=C(NC(C(=O)O)c1ccc(Cl)cc1Cl)c1n[nH]c2c1CCCC2. The van der Waals surface area contributed by atoms with Gasteiger partial charge in [0.05, 0.1) is 0 Å². The van der Waals surface area contributed by atoms with Crippen LogP contribution in [0.5, 0.6) is 0 Å². The van der Waals surface area contributed by atoms with Gasteiger partial charge in [-0.15, -0.1) is 0 Å². The number of halogens is 2. The van der Waals surface area contributed by atoms with Crippen molar-refractivity contribution >= 4 is 35.1 Å². The van der Waals surface area contributed by atoms with Crippen LogP contribution in [0.2, 0.25) is 10.0 Å². The van der Waals surface area contributed by atoms with Crippen LogP contribution in [-0.2, 0) is 17.6 Å². The molecule has 3 N–H and O–H groups in total. The van der Waals surface area contributed by atoms with Crippen molar-refractivity contribution in [2.45, 2.75) is 31.7 Å². The van der Waals surface area contributed by atoms with E-state index in [2.05, 4.69) is 15.5 Å². The lowest BCUT2D eigenvalue weighted by atomic mass is 9.95. The zero-order valence-corrected chi connectivity index (χ0v) is 14.1. The minimum absolute atomic E-state index is 0.180. The quantitative estimate of drug-likeness (QED) is 0.773. The van der Waals surface area contributed by atoms with Crippen LogP contribution in [0.15, 0.2) is 18.2 Å². The lowest BCUT2D eigenvalue weighted by Crippen LogP contribution is -2.34. The maximum Gasteiger partial charge on any atom is 0.330 e. The van der Waals surface area contributed by atoms with Crippen LogP contribution >= 0.6 is 23.2 Å². The second kappa shape index (κ2) is 6.83. The number of amides is 1. The topological polar surface area (TPSA) is 95.1 Å².